The van der Waals surface area contributed by atoms with Gasteiger partial charge in [-0.2, -0.15) is 0 Å². The van der Waals surface area contributed by atoms with Crippen LogP contribution in [-0.4, -0.2) is 12.0 Å². The van der Waals surface area contributed by atoms with E-state index in [4.69, 9.17) is 4.74 Å². The molecule has 0 spiro atoms. The van der Waals surface area contributed by atoms with Crippen molar-refractivity contribution in [2.24, 2.45) is 0 Å². The summed E-state index contributed by atoms with van der Waals surface area (Å²) in [6.07, 6.45) is -0.565. The number of rotatable bonds is 4. The van der Waals surface area contributed by atoms with Crippen molar-refractivity contribution in [3.05, 3.63) is 58.1 Å². The molecule has 2 rings (SSSR count). The summed E-state index contributed by atoms with van der Waals surface area (Å²) in [7, 11) is 0. The number of halogens is 1. The molecule has 1 N–H and O–H groups in total. The molecule has 1 amide bonds. The van der Waals surface area contributed by atoms with Crippen LogP contribution in [0.4, 0.5) is 5.69 Å². The molecule has 0 heterocycles. The molecule has 1 atom stereocenters. The zero-order chi connectivity index (χ0) is 15.4. The van der Waals surface area contributed by atoms with E-state index in [1.807, 2.05) is 56.3 Å². The van der Waals surface area contributed by atoms with E-state index in [0.717, 1.165) is 27.0 Å². The molecule has 0 aliphatic heterocycles. The van der Waals surface area contributed by atoms with Crippen molar-refractivity contribution in [2.75, 3.05) is 5.32 Å². The summed E-state index contributed by atoms with van der Waals surface area (Å²) in [5.41, 5.74) is 2.86. The first-order chi connectivity index (χ1) is 9.95. The van der Waals surface area contributed by atoms with Gasteiger partial charge in [-0.3, -0.25) is 4.79 Å². The number of hydrogen-bond donors (Lipinski definition) is 1. The average molecular weight is 348 g/mol. The summed E-state index contributed by atoms with van der Waals surface area (Å²) in [5, 5.41) is 2.84. The minimum atomic E-state index is -0.565. The van der Waals surface area contributed by atoms with E-state index in [0.29, 0.717) is 0 Å². The van der Waals surface area contributed by atoms with Crippen molar-refractivity contribution < 1.29 is 9.53 Å². The Morgan fingerprint density at radius 3 is 2.67 bits per heavy atom. The number of amides is 1. The molecule has 0 saturated carbocycles. The predicted molar refractivity (Wildman–Crippen MR) is 88.8 cm³/mol. The van der Waals surface area contributed by atoms with Crippen molar-refractivity contribution in [1.82, 2.24) is 0 Å². The first-order valence-electron chi connectivity index (χ1n) is 6.76. The van der Waals surface area contributed by atoms with Crippen LogP contribution in [0.1, 0.15) is 18.1 Å². The minimum Gasteiger partial charge on any atom is -0.481 e. The molecule has 110 valence electrons. The maximum absolute atomic E-state index is 12.2. The highest BCUT2D eigenvalue weighted by molar-refractivity contribution is 9.10. The van der Waals surface area contributed by atoms with Crippen LogP contribution in [0.2, 0.25) is 0 Å². The van der Waals surface area contributed by atoms with Crippen LogP contribution in [0.15, 0.2) is 46.9 Å². The van der Waals surface area contributed by atoms with Crippen LogP contribution in [0.5, 0.6) is 5.75 Å². The molecular weight excluding hydrogens is 330 g/mol. The van der Waals surface area contributed by atoms with Crippen LogP contribution in [-0.2, 0) is 4.79 Å². The largest absolute Gasteiger partial charge is 0.481 e. The Labute approximate surface area is 133 Å². The molecule has 0 bridgehead atoms. The molecule has 0 unspecified atom stereocenters. The second kappa shape index (κ2) is 6.76. The number of carbonyl (C=O) groups is 1. The summed E-state index contributed by atoms with van der Waals surface area (Å²) >= 11 is 3.38. The molecule has 2 aromatic rings. The molecule has 0 radical (unpaired) electrons. The van der Waals surface area contributed by atoms with Gasteiger partial charge in [-0.1, -0.05) is 34.1 Å². The molecule has 2 aromatic carbocycles. The molecule has 0 saturated heterocycles. The Balaban J connectivity index is 2.04. The van der Waals surface area contributed by atoms with Gasteiger partial charge >= 0.3 is 0 Å². The minimum absolute atomic E-state index is 0.172. The van der Waals surface area contributed by atoms with E-state index < -0.39 is 6.10 Å². The lowest BCUT2D eigenvalue weighted by Gasteiger charge is -2.16. The van der Waals surface area contributed by atoms with E-state index >= 15 is 0 Å². The maximum atomic E-state index is 12.2. The third-order valence-electron chi connectivity index (χ3n) is 3.11. The number of carbonyl (C=O) groups excluding carboxylic acids is 1. The van der Waals surface area contributed by atoms with Gasteiger partial charge in [0.15, 0.2) is 6.10 Å². The predicted octanol–water partition coefficient (Wildman–Crippen LogP) is 4.47. The highest BCUT2D eigenvalue weighted by atomic mass is 79.9. The Bertz CT molecular complexity index is 655. The quantitative estimate of drug-likeness (QED) is 0.885. The Morgan fingerprint density at radius 2 is 1.95 bits per heavy atom. The third kappa shape index (κ3) is 4.33. The fourth-order valence-electron chi connectivity index (χ4n) is 1.89. The van der Waals surface area contributed by atoms with Crippen molar-refractivity contribution >= 4 is 27.5 Å². The van der Waals surface area contributed by atoms with E-state index in [9.17, 15) is 4.79 Å². The van der Waals surface area contributed by atoms with Crippen molar-refractivity contribution in [2.45, 2.75) is 26.9 Å². The molecule has 0 aliphatic carbocycles. The SMILES string of the molecule is Cc1ccc(C)c(O[C@H](C)C(=O)Nc2cccc(Br)c2)c1. The number of aryl methyl sites for hydroxylation is 2. The number of anilines is 1. The zero-order valence-corrected chi connectivity index (χ0v) is 13.9. The van der Waals surface area contributed by atoms with Gasteiger partial charge in [-0.25, -0.2) is 0 Å². The number of ether oxygens (including phenoxy) is 1. The second-order valence-corrected chi connectivity index (χ2v) is 5.94. The van der Waals surface area contributed by atoms with Gasteiger partial charge in [0, 0.05) is 10.2 Å². The van der Waals surface area contributed by atoms with Gasteiger partial charge in [-0.05, 0) is 56.2 Å². The molecular formula is C17H18BrNO2. The molecule has 0 aliphatic rings. The molecule has 3 nitrogen and oxygen atoms in total. The van der Waals surface area contributed by atoms with Gasteiger partial charge in [0.05, 0.1) is 0 Å². The van der Waals surface area contributed by atoms with E-state index in [1.165, 1.54) is 0 Å². The first kappa shape index (κ1) is 15.6. The van der Waals surface area contributed by atoms with Gasteiger partial charge in [0.25, 0.3) is 5.91 Å². The zero-order valence-electron chi connectivity index (χ0n) is 12.3. The van der Waals surface area contributed by atoms with Crippen molar-refractivity contribution in [3.63, 3.8) is 0 Å². The standard InChI is InChI=1S/C17H18BrNO2/c1-11-7-8-12(2)16(9-11)21-13(3)17(20)19-15-6-4-5-14(18)10-15/h4-10,13H,1-3H3,(H,19,20)/t13-/m1/s1. The second-order valence-electron chi connectivity index (χ2n) is 5.03. The summed E-state index contributed by atoms with van der Waals surface area (Å²) in [6.45, 7) is 5.71. The number of hydrogen-bond acceptors (Lipinski definition) is 2. The smallest absolute Gasteiger partial charge is 0.265 e. The van der Waals surface area contributed by atoms with E-state index in [2.05, 4.69) is 21.2 Å². The maximum Gasteiger partial charge on any atom is 0.265 e. The summed E-state index contributed by atoms with van der Waals surface area (Å²) in [6, 6.07) is 13.4. The van der Waals surface area contributed by atoms with Crippen LogP contribution < -0.4 is 10.1 Å². The lowest BCUT2D eigenvalue weighted by atomic mass is 10.1. The molecule has 4 heteroatoms. The Morgan fingerprint density at radius 1 is 1.19 bits per heavy atom. The van der Waals surface area contributed by atoms with Crippen LogP contribution in [0.3, 0.4) is 0 Å². The Kier molecular flexibility index (Phi) is 5.02. The fourth-order valence-corrected chi connectivity index (χ4v) is 2.29. The first-order valence-corrected chi connectivity index (χ1v) is 7.55. The summed E-state index contributed by atoms with van der Waals surface area (Å²) < 4.78 is 6.69. The highest BCUT2D eigenvalue weighted by Crippen LogP contribution is 2.21. The topological polar surface area (TPSA) is 38.3 Å². The molecule has 0 aromatic heterocycles. The molecule has 21 heavy (non-hydrogen) atoms. The van der Waals surface area contributed by atoms with Crippen molar-refractivity contribution in [1.29, 1.82) is 0 Å². The summed E-state index contributed by atoms with van der Waals surface area (Å²) in [5.74, 6) is 0.570. The highest BCUT2D eigenvalue weighted by Gasteiger charge is 2.16. The number of nitrogens with one attached hydrogen (secondary N) is 1. The van der Waals surface area contributed by atoms with E-state index in [-0.39, 0.29) is 5.91 Å². The van der Waals surface area contributed by atoms with Crippen molar-refractivity contribution in [3.8, 4) is 5.75 Å². The number of benzene rings is 2. The van der Waals surface area contributed by atoms with Crippen LogP contribution in [0.25, 0.3) is 0 Å². The summed E-state index contributed by atoms with van der Waals surface area (Å²) in [4.78, 5) is 12.2. The van der Waals surface area contributed by atoms with Crippen LogP contribution >= 0.6 is 15.9 Å². The Hall–Kier alpha value is -1.81. The normalized spacial score (nSPS) is 11.8. The van der Waals surface area contributed by atoms with Gasteiger partial charge < -0.3 is 10.1 Å². The molecule has 0 fully saturated rings. The van der Waals surface area contributed by atoms with Gasteiger partial charge in [-0.15, -0.1) is 0 Å². The lowest BCUT2D eigenvalue weighted by Crippen LogP contribution is -2.30. The fraction of sp³-hybridized carbons (Fsp3) is 0.235. The van der Waals surface area contributed by atoms with E-state index in [1.54, 1.807) is 6.92 Å². The average Bonchev–Trinajstić information content (AvgIpc) is 2.43. The van der Waals surface area contributed by atoms with Gasteiger partial charge in [0.2, 0.25) is 0 Å². The lowest BCUT2D eigenvalue weighted by molar-refractivity contribution is -0.122. The third-order valence-corrected chi connectivity index (χ3v) is 3.60. The van der Waals surface area contributed by atoms with Crippen LogP contribution in [0, 0.1) is 13.8 Å². The monoisotopic (exact) mass is 347 g/mol. The van der Waals surface area contributed by atoms with Gasteiger partial charge in [0.1, 0.15) is 5.75 Å².